The Labute approximate surface area is 116 Å². The van der Waals surface area contributed by atoms with Gasteiger partial charge in [-0.25, -0.2) is 8.42 Å². The van der Waals surface area contributed by atoms with Gasteiger partial charge < -0.3 is 16.3 Å². The van der Waals surface area contributed by atoms with Crippen LogP contribution in [0.25, 0.3) is 0 Å². The van der Waals surface area contributed by atoms with Gasteiger partial charge in [0.05, 0.1) is 5.75 Å². The minimum atomic E-state index is -3.02. The molecule has 20 heavy (non-hydrogen) atoms. The molecule has 0 saturated heterocycles. The Balaban J connectivity index is 2.52. The number of oxime groups is 1. The highest BCUT2D eigenvalue weighted by molar-refractivity contribution is 7.90. The molecule has 0 saturated carbocycles. The zero-order chi connectivity index (χ0) is 15.2. The summed E-state index contributed by atoms with van der Waals surface area (Å²) < 4.78 is 21.8. The van der Waals surface area contributed by atoms with Crippen molar-refractivity contribution < 1.29 is 18.4 Å². The molecule has 1 amide bonds. The molecule has 0 bridgehead atoms. The second kappa shape index (κ2) is 6.85. The van der Waals surface area contributed by atoms with Crippen LogP contribution in [0.1, 0.15) is 22.5 Å². The van der Waals surface area contributed by atoms with Gasteiger partial charge in [0.1, 0.15) is 15.5 Å². The van der Waals surface area contributed by atoms with Crippen molar-refractivity contribution in [3.63, 3.8) is 0 Å². The molecule has 0 radical (unpaired) electrons. The molecule has 0 aliphatic carbocycles. The Hall–Kier alpha value is -2.16. The van der Waals surface area contributed by atoms with Crippen molar-refractivity contribution in [2.75, 3.05) is 18.6 Å². The summed E-state index contributed by atoms with van der Waals surface area (Å²) in [5.41, 5.74) is 5.92. The van der Waals surface area contributed by atoms with Crippen LogP contribution < -0.4 is 11.1 Å². The van der Waals surface area contributed by atoms with E-state index >= 15 is 0 Å². The number of amides is 1. The van der Waals surface area contributed by atoms with E-state index in [0.29, 0.717) is 12.0 Å². The number of hydrogen-bond donors (Lipinski definition) is 3. The van der Waals surface area contributed by atoms with Crippen molar-refractivity contribution in [1.29, 1.82) is 0 Å². The highest BCUT2D eigenvalue weighted by Crippen LogP contribution is 2.00. The molecule has 1 rings (SSSR count). The molecule has 0 spiro atoms. The largest absolute Gasteiger partial charge is 0.409 e. The van der Waals surface area contributed by atoms with Crippen LogP contribution in [0.3, 0.4) is 0 Å². The third kappa shape index (κ3) is 5.22. The molecule has 0 unspecified atom stereocenters. The van der Waals surface area contributed by atoms with Gasteiger partial charge in [0.25, 0.3) is 5.91 Å². The number of nitrogens with one attached hydrogen (secondary N) is 1. The first-order valence-electron chi connectivity index (χ1n) is 5.73. The Kier molecular flexibility index (Phi) is 5.44. The van der Waals surface area contributed by atoms with E-state index in [9.17, 15) is 13.2 Å². The fourth-order valence-corrected chi connectivity index (χ4v) is 2.03. The van der Waals surface area contributed by atoms with Crippen LogP contribution in [0.15, 0.2) is 23.5 Å². The molecule has 110 valence electrons. The minimum Gasteiger partial charge on any atom is -0.409 e. The first kappa shape index (κ1) is 15.9. The zero-order valence-corrected chi connectivity index (χ0v) is 11.7. The molecule has 0 aromatic carbocycles. The predicted molar refractivity (Wildman–Crippen MR) is 73.4 cm³/mol. The lowest BCUT2D eigenvalue weighted by Crippen LogP contribution is -2.26. The van der Waals surface area contributed by atoms with E-state index in [1.54, 1.807) is 0 Å². The van der Waals surface area contributed by atoms with Crippen molar-refractivity contribution in [3.8, 4) is 0 Å². The second-order valence-electron chi connectivity index (χ2n) is 4.16. The lowest BCUT2D eigenvalue weighted by Gasteiger charge is -2.05. The SMILES string of the molecule is CS(=O)(=O)CCCNC(=O)c1ccc(C(N)=NO)cn1. The maximum atomic E-state index is 11.7. The summed E-state index contributed by atoms with van der Waals surface area (Å²) in [4.78, 5) is 15.6. The molecular weight excluding hydrogens is 284 g/mol. The summed E-state index contributed by atoms with van der Waals surface area (Å²) in [7, 11) is -3.02. The van der Waals surface area contributed by atoms with Crippen molar-refractivity contribution >= 4 is 21.6 Å². The van der Waals surface area contributed by atoms with Crippen LogP contribution >= 0.6 is 0 Å². The van der Waals surface area contributed by atoms with Gasteiger partial charge in [-0.05, 0) is 18.6 Å². The number of carbonyl (C=O) groups is 1. The summed E-state index contributed by atoms with van der Waals surface area (Å²) in [6.45, 7) is 0.246. The maximum Gasteiger partial charge on any atom is 0.269 e. The lowest BCUT2D eigenvalue weighted by atomic mass is 10.2. The van der Waals surface area contributed by atoms with Crippen molar-refractivity contribution in [3.05, 3.63) is 29.6 Å². The fourth-order valence-electron chi connectivity index (χ4n) is 1.36. The van der Waals surface area contributed by atoms with E-state index in [1.165, 1.54) is 18.3 Å². The van der Waals surface area contributed by atoms with Crippen LogP contribution in [0, 0.1) is 0 Å². The Morgan fingerprint density at radius 2 is 2.20 bits per heavy atom. The average Bonchev–Trinajstić information content (AvgIpc) is 2.41. The Morgan fingerprint density at radius 3 is 2.70 bits per heavy atom. The fraction of sp³-hybridized carbons (Fsp3) is 0.364. The molecule has 4 N–H and O–H groups in total. The summed E-state index contributed by atoms with van der Waals surface area (Å²) in [5, 5.41) is 13.9. The summed E-state index contributed by atoms with van der Waals surface area (Å²) in [5.74, 6) is -0.495. The zero-order valence-electron chi connectivity index (χ0n) is 10.9. The second-order valence-corrected chi connectivity index (χ2v) is 6.42. The number of nitrogens with zero attached hydrogens (tertiary/aromatic N) is 2. The van der Waals surface area contributed by atoms with Gasteiger partial charge in [-0.1, -0.05) is 5.16 Å². The first-order chi connectivity index (χ1) is 9.33. The number of aromatic nitrogens is 1. The van der Waals surface area contributed by atoms with Crippen molar-refractivity contribution in [2.45, 2.75) is 6.42 Å². The van der Waals surface area contributed by atoms with Crippen LogP contribution in [0.4, 0.5) is 0 Å². The number of amidine groups is 1. The van der Waals surface area contributed by atoms with Crippen molar-refractivity contribution in [1.82, 2.24) is 10.3 Å². The van der Waals surface area contributed by atoms with E-state index in [2.05, 4.69) is 15.5 Å². The summed E-state index contributed by atoms with van der Waals surface area (Å²) in [6, 6.07) is 2.92. The van der Waals surface area contributed by atoms with E-state index in [4.69, 9.17) is 10.9 Å². The maximum absolute atomic E-state index is 11.7. The molecule has 0 atom stereocenters. The van der Waals surface area contributed by atoms with E-state index in [0.717, 1.165) is 6.26 Å². The topological polar surface area (TPSA) is 135 Å². The van der Waals surface area contributed by atoms with Gasteiger partial charge in [-0.15, -0.1) is 0 Å². The van der Waals surface area contributed by atoms with Crippen LogP contribution in [-0.2, 0) is 9.84 Å². The highest BCUT2D eigenvalue weighted by Gasteiger charge is 2.08. The monoisotopic (exact) mass is 300 g/mol. The normalized spacial score (nSPS) is 12.2. The summed E-state index contributed by atoms with van der Waals surface area (Å²) in [6.07, 6.45) is 2.79. The summed E-state index contributed by atoms with van der Waals surface area (Å²) >= 11 is 0. The molecule has 8 nitrogen and oxygen atoms in total. The molecule has 1 heterocycles. The van der Waals surface area contributed by atoms with Gasteiger partial charge in [0.2, 0.25) is 0 Å². The molecule has 1 aromatic heterocycles. The lowest BCUT2D eigenvalue weighted by molar-refractivity contribution is 0.0948. The Morgan fingerprint density at radius 1 is 1.50 bits per heavy atom. The standard InChI is InChI=1S/C11H16N4O4S/c1-20(18,19)6-2-5-13-11(16)9-4-3-8(7-14-9)10(12)15-17/h3-4,7,17H,2,5-6H2,1H3,(H2,12,15)(H,13,16). The first-order valence-corrected chi connectivity index (χ1v) is 7.79. The smallest absolute Gasteiger partial charge is 0.269 e. The molecule has 9 heteroatoms. The van der Waals surface area contributed by atoms with Gasteiger partial charge in [0, 0.05) is 24.6 Å². The van der Waals surface area contributed by atoms with E-state index in [-0.39, 0.29) is 23.8 Å². The third-order valence-corrected chi connectivity index (χ3v) is 3.41. The third-order valence-electron chi connectivity index (χ3n) is 2.38. The molecule has 1 aromatic rings. The van der Waals surface area contributed by atoms with Gasteiger partial charge in [-0.2, -0.15) is 0 Å². The molecule has 0 aliphatic rings. The highest BCUT2D eigenvalue weighted by atomic mass is 32.2. The van der Waals surface area contributed by atoms with Crippen LogP contribution in [0.5, 0.6) is 0 Å². The number of pyridine rings is 1. The van der Waals surface area contributed by atoms with Gasteiger partial charge in [-0.3, -0.25) is 9.78 Å². The van der Waals surface area contributed by atoms with Crippen LogP contribution in [0.2, 0.25) is 0 Å². The van der Waals surface area contributed by atoms with Crippen molar-refractivity contribution in [2.24, 2.45) is 10.9 Å². The molecule has 0 aliphatic heterocycles. The number of hydrogen-bond acceptors (Lipinski definition) is 6. The molecule has 0 fully saturated rings. The van der Waals surface area contributed by atoms with Gasteiger partial charge >= 0.3 is 0 Å². The van der Waals surface area contributed by atoms with E-state index < -0.39 is 15.7 Å². The number of sulfone groups is 1. The average molecular weight is 300 g/mol. The number of nitrogens with two attached hydrogens (primary N) is 1. The van der Waals surface area contributed by atoms with Gasteiger partial charge in [0.15, 0.2) is 5.84 Å². The predicted octanol–water partition coefficient (Wildman–Crippen LogP) is -0.659. The quantitative estimate of drug-likeness (QED) is 0.210. The van der Waals surface area contributed by atoms with Crippen LogP contribution in [-0.4, -0.2) is 48.9 Å². The number of rotatable bonds is 6. The number of carbonyl (C=O) groups excluding carboxylic acids is 1. The molecular formula is C11H16N4O4S. The van der Waals surface area contributed by atoms with E-state index in [1.807, 2.05) is 0 Å². The minimum absolute atomic E-state index is 0.0170. The Bertz CT molecular complexity index is 595.